The lowest BCUT2D eigenvalue weighted by Crippen LogP contribution is -2.12. The van der Waals surface area contributed by atoms with Gasteiger partial charge in [-0.2, -0.15) is 0 Å². The highest BCUT2D eigenvalue weighted by atomic mass is 79.9. The summed E-state index contributed by atoms with van der Waals surface area (Å²) in [5.41, 5.74) is 0. The van der Waals surface area contributed by atoms with Crippen molar-refractivity contribution >= 4 is 63.7 Å². The molecule has 0 N–H and O–H groups in total. The van der Waals surface area contributed by atoms with E-state index in [0.29, 0.717) is 0 Å². The highest BCUT2D eigenvalue weighted by Crippen LogP contribution is 2.32. The van der Waals surface area contributed by atoms with E-state index >= 15 is 0 Å². The molecule has 0 amide bonds. The molecule has 0 atom stereocenters. The second-order valence-corrected chi connectivity index (χ2v) is 6.88. The van der Waals surface area contributed by atoms with E-state index in [2.05, 4.69) is 63.7 Å². The number of halogens is 4. The lowest BCUT2D eigenvalue weighted by molar-refractivity contribution is 0.911. The third kappa shape index (κ3) is 4.77. The Bertz CT molecular complexity index is 61.1. The molecule has 4 heteroatoms. The summed E-state index contributed by atoms with van der Waals surface area (Å²) < 4.78 is 0.0868. The van der Waals surface area contributed by atoms with Crippen LogP contribution in [0.5, 0.6) is 0 Å². The average molecular weight is 374 g/mol. The van der Waals surface area contributed by atoms with Crippen molar-refractivity contribution < 1.29 is 0 Å². The SMILES string of the molecule is BrCCC(Br)(Br)CBr. The maximum Gasteiger partial charge on any atom is 0.0909 e. The fraction of sp³-hybridized carbons (Fsp3) is 1.00. The Labute approximate surface area is 83.3 Å². The molecule has 50 valence electrons. The molecule has 8 heavy (non-hydrogen) atoms. The first-order valence-corrected chi connectivity index (χ1v) is 5.95. The predicted molar refractivity (Wildman–Crippen MR) is 52.8 cm³/mol. The molecule has 0 fully saturated rings. The third-order valence-corrected chi connectivity index (χ3v) is 4.87. The highest BCUT2D eigenvalue weighted by Gasteiger charge is 2.18. The highest BCUT2D eigenvalue weighted by molar-refractivity contribution is 9.26. The Balaban J connectivity index is 3.37. The second kappa shape index (κ2) is 4.69. The molecule has 0 nitrogen and oxygen atoms in total. The molecule has 0 aliphatic rings. The van der Waals surface area contributed by atoms with Crippen LogP contribution < -0.4 is 0 Å². The summed E-state index contributed by atoms with van der Waals surface area (Å²) >= 11 is 13.7. The topological polar surface area (TPSA) is 0 Å². The van der Waals surface area contributed by atoms with Crippen molar-refractivity contribution in [3.63, 3.8) is 0 Å². The summed E-state index contributed by atoms with van der Waals surface area (Å²) in [5.74, 6) is 0. The van der Waals surface area contributed by atoms with Crippen LogP contribution in [0.25, 0.3) is 0 Å². The number of hydrogen-bond acceptors (Lipinski definition) is 0. The predicted octanol–water partition coefficient (Wildman–Crippen LogP) is 3.65. The summed E-state index contributed by atoms with van der Waals surface area (Å²) in [6.07, 6.45) is 1.07. The molecular weight excluding hydrogens is 368 g/mol. The van der Waals surface area contributed by atoms with Gasteiger partial charge in [-0.3, -0.25) is 0 Å². The first-order chi connectivity index (χ1) is 3.62. The minimum absolute atomic E-state index is 0.0868. The first-order valence-electron chi connectivity index (χ1n) is 2.12. The van der Waals surface area contributed by atoms with Crippen LogP contribution in [0.3, 0.4) is 0 Å². The third-order valence-electron chi connectivity index (χ3n) is 0.656. The van der Waals surface area contributed by atoms with Crippen LogP contribution in [-0.4, -0.2) is 13.9 Å². The fourth-order valence-corrected chi connectivity index (χ4v) is 2.62. The quantitative estimate of drug-likeness (QED) is 0.662. The Morgan fingerprint density at radius 2 is 1.62 bits per heavy atom. The van der Waals surface area contributed by atoms with E-state index in [0.717, 1.165) is 17.1 Å². The molecule has 0 unspecified atom stereocenters. The summed E-state index contributed by atoms with van der Waals surface area (Å²) in [7, 11) is 0. The molecule has 0 saturated heterocycles. The van der Waals surface area contributed by atoms with Crippen LogP contribution >= 0.6 is 63.7 Å². The summed E-state index contributed by atoms with van der Waals surface area (Å²) in [6.45, 7) is 0. The van der Waals surface area contributed by atoms with Crippen LogP contribution in [0, 0.1) is 0 Å². The van der Waals surface area contributed by atoms with Gasteiger partial charge in [0.2, 0.25) is 0 Å². The molecule has 0 rings (SSSR count). The molecule has 0 heterocycles. The van der Waals surface area contributed by atoms with Crippen molar-refractivity contribution in [1.82, 2.24) is 0 Å². The van der Waals surface area contributed by atoms with Crippen LogP contribution in [0.4, 0.5) is 0 Å². The van der Waals surface area contributed by atoms with E-state index in [1.807, 2.05) is 0 Å². The first kappa shape index (κ1) is 9.92. The molecular formula is C4H6Br4. The zero-order chi connectivity index (χ0) is 6.62. The number of alkyl halides is 4. The minimum atomic E-state index is 0.0868. The van der Waals surface area contributed by atoms with Crippen molar-refractivity contribution in [2.24, 2.45) is 0 Å². The monoisotopic (exact) mass is 370 g/mol. The van der Waals surface area contributed by atoms with E-state index < -0.39 is 0 Å². The lowest BCUT2D eigenvalue weighted by Gasteiger charge is -2.13. The van der Waals surface area contributed by atoms with E-state index in [1.165, 1.54) is 0 Å². The Morgan fingerprint density at radius 3 is 1.75 bits per heavy atom. The summed E-state index contributed by atoms with van der Waals surface area (Å²) in [5, 5.41) is 1.93. The van der Waals surface area contributed by atoms with Gasteiger partial charge in [0.05, 0.1) is 3.23 Å². The van der Waals surface area contributed by atoms with Crippen molar-refractivity contribution in [1.29, 1.82) is 0 Å². The molecule has 0 aromatic heterocycles. The average Bonchev–Trinajstić information content (AvgIpc) is 1.67. The fourth-order valence-electron chi connectivity index (χ4n) is 0.205. The standard InChI is InChI=1S/C4H6Br4/c5-2-1-4(7,8)3-6/h1-3H2. The van der Waals surface area contributed by atoms with Gasteiger partial charge in [-0.15, -0.1) is 0 Å². The Morgan fingerprint density at radius 1 is 1.12 bits per heavy atom. The maximum absolute atomic E-state index is 3.48. The van der Waals surface area contributed by atoms with Gasteiger partial charge >= 0.3 is 0 Å². The molecule has 0 aliphatic heterocycles. The van der Waals surface area contributed by atoms with Gasteiger partial charge in [-0.05, 0) is 6.42 Å². The van der Waals surface area contributed by atoms with Gasteiger partial charge in [-0.1, -0.05) is 63.7 Å². The second-order valence-electron chi connectivity index (χ2n) is 1.43. The molecule has 0 spiro atoms. The van der Waals surface area contributed by atoms with E-state index in [9.17, 15) is 0 Å². The van der Waals surface area contributed by atoms with Crippen molar-refractivity contribution in [3.8, 4) is 0 Å². The maximum atomic E-state index is 3.48. The zero-order valence-corrected chi connectivity index (χ0v) is 10.5. The van der Waals surface area contributed by atoms with Crippen molar-refractivity contribution in [3.05, 3.63) is 0 Å². The van der Waals surface area contributed by atoms with Gasteiger partial charge in [0.15, 0.2) is 0 Å². The Kier molecular flexibility index (Phi) is 5.82. The van der Waals surface area contributed by atoms with E-state index in [4.69, 9.17) is 0 Å². The Hall–Kier alpha value is 1.92. The van der Waals surface area contributed by atoms with E-state index in [-0.39, 0.29) is 3.23 Å². The van der Waals surface area contributed by atoms with Gasteiger partial charge in [-0.25, -0.2) is 0 Å². The van der Waals surface area contributed by atoms with Crippen molar-refractivity contribution in [2.45, 2.75) is 9.65 Å². The van der Waals surface area contributed by atoms with Gasteiger partial charge < -0.3 is 0 Å². The van der Waals surface area contributed by atoms with Crippen LogP contribution in [0.2, 0.25) is 0 Å². The van der Waals surface area contributed by atoms with E-state index in [1.54, 1.807) is 0 Å². The van der Waals surface area contributed by atoms with Crippen molar-refractivity contribution in [2.75, 3.05) is 10.7 Å². The minimum Gasteiger partial charge on any atom is -0.0927 e. The lowest BCUT2D eigenvalue weighted by atomic mass is 10.4. The van der Waals surface area contributed by atoms with Crippen LogP contribution in [-0.2, 0) is 0 Å². The van der Waals surface area contributed by atoms with Gasteiger partial charge in [0.25, 0.3) is 0 Å². The molecule has 0 aromatic rings. The molecule has 0 radical (unpaired) electrons. The van der Waals surface area contributed by atoms with Gasteiger partial charge in [0, 0.05) is 10.7 Å². The molecule has 0 saturated carbocycles. The van der Waals surface area contributed by atoms with Crippen LogP contribution in [0.15, 0.2) is 0 Å². The summed E-state index contributed by atoms with van der Waals surface area (Å²) in [6, 6.07) is 0. The number of rotatable bonds is 3. The molecule has 0 aromatic carbocycles. The van der Waals surface area contributed by atoms with Gasteiger partial charge in [0.1, 0.15) is 0 Å². The largest absolute Gasteiger partial charge is 0.0927 e. The zero-order valence-electron chi connectivity index (χ0n) is 4.13. The van der Waals surface area contributed by atoms with Crippen LogP contribution in [0.1, 0.15) is 6.42 Å². The normalized spacial score (nSPS) is 12.0. The summed E-state index contributed by atoms with van der Waals surface area (Å²) in [4.78, 5) is 0. The molecule has 0 aliphatic carbocycles. The molecule has 0 bridgehead atoms. The number of hydrogen-bond donors (Lipinski definition) is 0. The smallest absolute Gasteiger partial charge is 0.0909 e.